The Morgan fingerprint density at radius 3 is 2.87 bits per heavy atom. The maximum absolute atomic E-state index is 5.62. The van der Waals surface area contributed by atoms with E-state index in [9.17, 15) is 0 Å². The topological polar surface area (TPSA) is 105 Å². The molecule has 0 saturated carbocycles. The fourth-order valence-corrected chi connectivity index (χ4v) is 3.67. The van der Waals surface area contributed by atoms with Crippen LogP contribution in [0.4, 0.5) is 0 Å². The van der Waals surface area contributed by atoms with Crippen LogP contribution in [0, 0.1) is 0 Å². The number of fused-ring (bicyclic) bond motifs is 1. The first-order chi connectivity index (χ1) is 15.3. The van der Waals surface area contributed by atoms with E-state index in [2.05, 4.69) is 31.9 Å². The van der Waals surface area contributed by atoms with Crippen molar-refractivity contribution in [2.45, 2.75) is 18.9 Å². The van der Waals surface area contributed by atoms with E-state index in [1.54, 1.807) is 18.0 Å². The molecule has 1 atom stereocenters. The quantitative estimate of drug-likeness (QED) is 0.428. The Kier molecular flexibility index (Phi) is 5.55. The van der Waals surface area contributed by atoms with Crippen molar-refractivity contribution in [1.82, 2.24) is 40.1 Å². The molecule has 31 heavy (non-hydrogen) atoms. The molecule has 0 bridgehead atoms. The van der Waals surface area contributed by atoms with Crippen LogP contribution < -0.4 is 10.1 Å². The van der Waals surface area contributed by atoms with E-state index >= 15 is 0 Å². The lowest BCUT2D eigenvalue weighted by molar-refractivity contribution is 0.146. The molecule has 3 aromatic heterocycles. The van der Waals surface area contributed by atoms with Gasteiger partial charge in [0, 0.05) is 26.3 Å². The largest absolute Gasteiger partial charge is 0.491 e. The van der Waals surface area contributed by atoms with Gasteiger partial charge in [-0.2, -0.15) is 9.78 Å². The fraction of sp³-hybridized carbons (Fsp3) is 0.381. The second-order valence-corrected chi connectivity index (χ2v) is 7.48. The highest BCUT2D eigenvalue weighted by molar-refractivity contribution is 5.70. The molecule has 160 valence electrons. The second-order valence-electron chi connectivity index (χ2n) is 7.48. The van der Waals surface area contributed by atoms with Crippen molar-refractivity contribution in [3.8, 4) is 11.4 Å². The predicted octanol–water partition coefficient (Wildman–Crippen LogP) is 1.56. The van der Waals surface area contributed by atoms with E-state index < -0.39 is 0 Å². The van der Waals surface area contributed by atoms with Gasteiger partial charge >= 0.3 is 0 Å². The minimum Gasteiger partial charge on any atom is -0.491 e. The van der Waals surface area contributed by atoms with Gasteiger partial charge < -0.3 is 14.8 Å². The molecule has 4 aromatic rings. The third kappa shape index (κ3) is 4.25. The van der Waals surface area contributed by atoms with Crippen LogP contribution in [-0.2, 0) is 11.2 Å². The van der Waals surface area contributed by atoms with Crippen LogP contribution >= 0.6 is 0 Å². The molecule has 1 aromatic carbocycles. The summed E-state index contributed by atoms with van der Waals surface area (Å²) in [6.45, 7) is 3.06. The van der Waals surface area contributed by atoms with Crippen LogP contribution in [0.15, 0.2) is 42.9 Å². The summed E-state index contributed by atoms with van der Waals surface area (Å²) >= 11 is 0. The maximum atomic E-state index is 5.62. The lowest BCUT2D eigenvalue weighted by Crippen LogP contribution is -2.13. The molecule has 1 aliphatic rings. The first-order valence-corrected chi connectivity index (χ1v) is 10.3. The Hall–Kier alpha value is -3.37. The van der Waals surface area contributed by atoms with Gasteiger partial charge in [-0.15, -0.1) is 5.10 Å². The van der Waals surface area contributed by atoms with Crippen molar-refractivity contribution in [3.05, 3.63) is 54.2 Å². The van der Waals surface area contributed by atoms with Crippen LogP contribution in [-0.4, -0.2) is 68.2 Å². The molecule has 1 unspecified atom stereocenters. The van der Waals surface area contributed by atoms with E-state index in [-0.39, 0.29) is 0 Å². The van der Waals surface area contributed by atoms with Crippen LogP contribution in [0.2, 0.25) is 0 Å². The van der Waals surface area contributed by atoms with Crippen molar-refractivity contribution in [2.24, 2.45) is 0 Å². The number of nitrogens with zero attached hydrogens (tertiary/aromatic N) is 7. The van der Waals surface area contributed by atoms with Gasteiger partial charge in [-0.1, -0.05) is 5.21 Å². The van der Waals surface area contributed by atoms with Crippen LogP contribution in [0.3, 0.4) is 0 Å². The number of aromatic nitrogens is 7. The zero-order valence-electron chi connectivity index (χ0n) is 17.3. The normalized spacial score (nSPS) is 16.2. The Balaban J connectivity index is 1.35. The summed E-state index contributed by atoms with van der Waals surface area (Å²) in [6.07, 6.45) is 7.40. The predicted molar refractivity (Wildman–Crippen MR) is 113 cm³/mol. The first kappa shape index (κ1) is 19.6. The average Bonchev–Trinajstić information content (AvgIpc) is 3.55. The van der Waals surface area contributed by atoms with Gasteiger partial charge in [0.15, 0.2) is 11.2 Å². The molecule has 1 aliphatic heterocycles. The zero-order chi connectivity index (χ0) is 21.0. The lowest BCUT2D eigenvalue weighted by Gasteiger charge is -2.07. The van der Waals surface area contributed by atoms with Gasteiger partial charge in [0.2, 0.25) is 0 Å². The van der Waals surface area contributed by atoms with Crippen LogP contribution in [0.25, 0.3) is 16.9 Å². The number of hydrogen-bond acceptors (Lipinski definition) is 8. The molecule has 0 spiro atoms. The van der Waals surface area contributed by atoms with E-state index in [0.29, 0.717) is 42.7 Å². The van der Waals surface area contributed by atoms with Crippen molar-refractivity contribution in [1.29, 1.82) is 0 Å². The standard InChI is InChI=1S/C21H24N8O2/c1-30-8-9-31-18-4-2-16(3-5-18)29-21-19(26-27-29)13-23-20(25-21)10-15-11-24-28(14-15)17-6-7-22-12-17/h2-5,11,13-14,17,22H,6-10,12H2,1H3. The van der Waals surface area contributed by atoms with Gasteiger partial charge in [-0.25, -0.2) is 9.97 Å². The molecule has 0 amide bonds. The number of benzene rings is 1. The van der Waals surface area contributed by atoms with E-state index in [1.807, 2.05) is 35.1 Å². The third-order valence-electron chi connectivity index (χ3n) is 5.31. The molecule has 10 heteroatoms. The summed E-state index contributed by atoms with van der Waals surface area (Å²) in [5.74, 6) is 1.48. The highest BCUT2D eigenvalue weighted by atomic mass is 16.5. The Morgan fingerprint density at radius 2 is 2.06 bits per heavy atom. The minimum atomic E-state index is 0.421. The van der Waals surface area contributed by atoms with Crippen LogP contribution in [0.5, 0.6) is 5.75 Å². The second kappa shape index (κ2) is 8.78. The van der Waals surface area contributed by atoms with Crippen molar-refractivity contribution in [2.75, 3.05) is 33.4 Å². The molecule has 10 nitrogen and oxygen atoms in total. The summed E-state index contributed by atoms with van der Waals surface area (Å²) in [6, 6.07) is 8.07. The van der Waals surface area contributed by atoms with Gasteiger partial charge in [-0.3, -0.25) is 4.68 Å². The summed E-state index contributed by atoms with van der Waals surface area (Å²) in [5.41, 5.74) is 3.26. The minimum absolute atomic E-state index is 0.421. The molecule has 0 radical (unpaired) electrons. The highest BCUT2D eigenvalue weighted by Crippen LogP contribution is 2.19. The Labute approximate surface area is 179 Å². The molecular formula is C21H24N8O2. The number of nitrogens with one attached hydrogen (secondary N) is 1. The first-order valence-electron chi connectivity index (χ1n) is 10.3. The number of rotatable bonds is 8. The van der Waals surface area contributed by atoms with Crippen molar-refractivity contribution < 1.29 is 9.47 Å². The van der Waals surface area contributed by atoms with Gasteiger partial charge in [0.1, 0.15) is 18.2 Å². The highest BCUT2D eigenvalue weighted by Gasteiger charge is 2.17. The van der Waals surface area contributed by atoms with E-state index in [0.717, 1.165) is 36.5 Å². The van der Waals surface area contributed by atoms with Gasteiger partial charge in [-0.05, 0) is 42.8 Å². The number of hydrogen-bond donors (Lipinski definition) is 1. The summed E-state index contributed by atoms with van der Waals surface area (Å²) in [5, 5.41) is 16.3. The molecule has 0 aliphatic carbocycles. The molecule has 5 rings (SSSR count). The molecule has 1 N–H and O–H groups in total. The Morgan fingerprint density at radius 1 is 1.16 bits per heavy atom. The summed E-state index contributed by atoms with van der Waals surface area (Å²) < 4.78 is 14.4. The third-order valence-corrected chi connectivity index (χ3v) is 5.31. The summed E-state index contributed by atoms with van der Waals surface area (Å²) in [7, 11) is 1.65. The monoisotopic (exact) mass is 420 g/mol. The lowest BCUT2D eigenvalue weighted by atomic mass is 10.2. The summed E-state index contributed by atoms with van der Waals surface area (Å²) in [4.78, 5) is 9.19. The number of methoxy groups -OCH3 is 1. The van der Waals surface area contributed by atoms with Gasteiger partial charge in [0.25, 0.3) is 0 Å². The smallest absolute Gasteiger partial charge is 0.187 e. The SMILES string of the molecule is COCCOc1ccc(-n2nnc3cnc(Cc4cnn(C5CCNC5)c4)nc32)cc1. The van der Waals surface area contributed by atoms with Crippen LogP contribution in [0.1, 0.15) is 23.9 Å². The van der Waals surface area contributed by atoms with E-state index in [4.69, 9.17) is 14.5 Å². The zero-order valence-corrected chi connectivity index (χ0v) is 17.3. The molecule has 1 saturated heterocycles. The molecule has 4 heterocycles. The van der Waals surface area contributed by atoms with E-state index in [1.165, 1.54) is 0 Å². The molecule has 1 fully saturated rings. The average molecular weight is 420 g/mol. The number of ether oxygens (including phenoxy) is 2. The Bertz CT molecular complexity index is 1150. The molecular weight excluding hydrogens is 396 g/mol. The fourth-order valence-electron chi connectivity index (χ4n) is 3.67. The van der Waals surface area contributed by atoms with Crippen molar-refractivity contribution in [3.63, 3.8) is 0 Å². The van der Waals surface area contributed by atoms with Crippen molar-refractivity contribution >= 4 is 11.2 Å². The maximum Gasteiger partial charge on any atom is 0.187 e. The van der Waals surface area contributed by atoms with Gasteiger partial charge in [0.05, 0.1) is 30.7 Å².